The molecule has 2 aromatic carbocycles. The first-order valence-corrected chi connectivity index (χ1v) is 9.06. The average molecular weight is 449 g/mol. The zero-order chi connectivity index (χ0) is 19.4. The highest BCUT2D eigenvalue weighted by Crippen LogP contribution is 2.39. The summed E-state index contributed by atoms with van der Waals surface area (Å²) in [6.45, 7) is 0. The van der Waals surface area contributed by atoms with Gasteiger partial charge in [0.05, 0.1) is 27.5 Å². The van der Waals surface area contributed by atoms with E-state index in [2.05, 4.69) is 31.2 Å². The molecule has 0 unspecified atom stereocenters. The van der Waals surface area contributed by atoms with Crippen LogP contribution in [0, 0.1) is 4.77 Å². The maximum absolute atomic E-state index is 5.48. The van der Waals surface area contributed by atoms with Crippen molar-refractivity contribution in [3.8, 4) is 28.6 Å². The number of benzene rings is 2. The molecule has 0 radical (unpaired) electrons. The molecule has 0 bridgehead atoms. The lowest BCUT2D eigenvalue weighted by Gasteiger charge is -2.13. The van der Waals surface area contributed by atoms with E-state index in [9.17, 15) is 0 Å². The fraction of sp³-hybridized carbons (Fsp3) is 0.167. The summed E-state index contributed by atoms with van der Waals surface area (Å²) >= 11 is 8.85. The Balaban J connectivity index is 2.07. The summed E-state index contributed by atoms with van der Waals surface area (Å²) < 4.78 is 19.0. The van der Waals surface area contributed by atoms with Crippen molar-refractivity contribution in [2.24, 2.45) is 5.10 Å². The quantitative estimate of drug-likeness (QED) is 0.449. The molecule has 0 fully saturated rings. The van der Waals surface area contributed by atoms with Crippen LogP contribution in [0.5, 0.6) is 17.2 Å². The van der Waals surface area contributed by atoms with Crippen LogP contribution in [0.2, 0.25) is 0 Å². The van der Waals surface area contributed by atoms with Crippen LogP contribution in [0.15, 0.2) is 46.0 Å². The van der Waals surface area contributed by atoms with Crippen LogP contribution in [0.25, 0.3) is 11.4 Å². The lowest BCUT2D eigenvalue weighted by atomic mass is 10.2. The van der Waals surface area contributed by atoms with Gasteiger partial charge in [-0.05, 0) is 36.5 Å². The number of methoxy groups -OCH3 is 3. The largest absolute Gasteiger partial charge is 0.493 e. The number of nitrogens with zero attached hydrogens (tertiary/aromatic N) is 3. The van der Waals surface area contributed by atoms with Crippen LogP contribution in [-0.4, -0.2) is 42.4 Å². The summed E-state index contributed by atoms with van der Waals surface area (Å²) in [5, 5.41) is 11.6. The Morgan fingerprint density at radius 3 is 2.48 bits per heavy atom. The topological polar surface area (TPSA) is 73.7 Å². The summed E-state index contributed by atoms with van der Waals surface area (Å²) in [6, 6.07) is 11.3. The Morgan fingerprint density at radius 1 is 1.07 bits per heavy atom. The molecule has 0 aliphatic heterocycles. The molecule has 0 aliphatic rings. The summed E-state index contributed by atoms with van der Waals surface area (Å²) in [5.74, 6) is 2.16. The maximum Gasteiger partial charge on any atom is 0.216 e. The predicted octanol–water partition coefficient (Wildman–Crippen LogP) is 4.28. The molecule has 7 nitrogen and oxygen atoms in total. The van der Waals surface area contributed by atoms with Crippen molar-refractivity contribution in [1.82, 2.24) is 14.9 Å². The SMILES string of the molecule is COc1ccc(/C=N\n2c(-c3ccccc3Br)n[nH]c2=S)c(OC)c1OC. The molecule has 9 heteroatoms. The third kappa shape index (κ3) is 3.74. The normalized spacial score (nSPS) is 11.0. The molecule has 140 valence electrons. The van der Waals surface area contributed by atoms with Crippen molar-refractivity contribution in [2.45, 2.75) is 0 Å². The van der Waals surface area contributed by atoms with Gasteiger partial charge in [0.1, 0.15) is 0 Å². The van der Waals surface area contributed by atoms with E-state index in [4.69, 9.17) is 26.4 Å². The number of hydrogen-bond donors (Lipinski definition) is 1. The zero-order valence-electron chi connectivity index (χ0n) is 14.9. The number of aromatic nitrogens is 3. The second-order valence-corrected chi connectivity index (χ2v) is 6.55. The molecule has 27 heavy (non-hydrogen) atoms. The number of halogens is 1. The van der Waals surface area contributed by atoms with Crippen molar-refractivity contribution in [3.63, 3.8) is 0 Å². The van der Waals surface area contributed by atoms with E-state index >= 15 is 0 Å². The Morgan fingerprint density at radius 2 is 1.81 bits per heavy atom. The van der Waals surface area contributed by atoms with Gasteiger partial charge in [0.2, 0.25) is 10.5 Å². The predicted molar refractivity (Wildman–Crippen MR) is 110 cm³/mol. The molecule has 0 aliphatic carbocycles. The van der Waals surface area contributed by atoms with Gasteiger partial charge in [-0.25, -0.2) is 5.10 Å². The second kappa shape index (κ2) is 8.36. The van der Waals surface area contributed by atoms with Crippen molar-refractivity contribution < 1.29 is 14.2 Å². The number of nitrogens with one attached hydrogen (secondary N) is 1. The van der Waals surface area contributed by atoms with Crippen LogP contribution in [0.1, 0.15) is 5.56 Å². The second-order valence-electron chi connectivity index (χ2n) is 5.31. The molecule has 1 aromatic heterocycles. The van der Waals surface area contributed by atoms with E-state index < -0.39 is 0 Å². The average Bonchev–Trinajstić information content (AvgIpc) is 3.05. The van der Waals surface area contributed by atoms with Crippen molar-refractivity contribution in [3.05, 3.63) is 51.2 Å². The third-order valence-electron chi connectivity index (χ3n) is 3.81. The Labute approximate surface area is 169 Å². The molecule has 1 heterocycles. The molecule has 3 rings (SSSR count). The highest BCUT2D eigenvalue weighted by atomic mass is 79.9. The minimum Gasteiger partial charge on any atom is -0.493 e. The smallest absolute Gasteiger partial charge is 0.216 e. The molecule has 0 saturated carbocycles. The van der Waals surface area contributed by atoms with Crippen molar-refractivity contribution in [2.75, 3.05) is 21.3 Å². The fourth-order valence-corrected chi connectivity index (χ4v) is 3.20. The highest BCUT2D eigenvalue weighted by molar-refractivity contribution is 9.10. The van der Waals surface area contributed by atoms with Gasteiger partial charge in [0.15, 0.2) is 17.3 Å². The van der Waals surface area contributed by atoms with Gasteiger partial charge < -0.3 is 14.2 Å². The summed E-state index contributed by atoms with van der Waals surface area (Å²) in [5.41, 5.74) is 1.57. The zero-order valence-corrected chi connectivity index (χ0v) is 17.3. The van der Waals surface area contributed by atoms with Crippen LogP contribution >= 0.6 is 28.1 Å². The van der Waals surface area contributed by atoms with Gasteiger partial charge in [0, 0.05) is 15.6 Å². The summed E-state index contributed by atoms with van der Waals surface area (Å²) in [4.78, 5) is 0. The van der Waals surface area contributed by atoms with E-state index in [0.29, 0.717) is 33.4 Å². The van der Waals surface area contributed by atoms with Crippen molar-refractivity contribution >= 4 is 34.4 Å². The van der Waals surface area contributed by atoms with Crippen LogP contribution < -0.4 is 14.2 Å². The van der Waals surface area contributed by atoms with Gasteiger partial charge in [-0.3, -0.25) is 0 Å². The van der Waals surface area contributed by atoms with Gasteiger partial charge >= 0.3 is 0 Å². The number of rotatable bonds is 6. The Bertz CT molecular complexity index is 1050. The third-order valence-corrected chi connectivity index (χ3v) is 4.77. The standard InChI is InChI=1S/C18H17BrN4O3S/c1-24-14-9-8-11(15(25-2)16(14)26-3)10-20-23-17(21-22-18(23)27)12-6-4-5-7-13(12)19/h4-10H,1-3H3,(H,22,27)/b20-10-. The molecule has 1 N–H and O–H groups in total. The van der Waals surface area contributed by atoms with E-state index in [1.807, 2.05) is 30.3 Å². The number of H-pyrrole nitrogens is 1. The Kier molecular flexibility index (Phi) is 5.92. The van der Waals surface area contributed by atoms with E-state index in [0.717, 1.165) is 10.0 Å². The molecule has 3 aromatic rings. The van der Waals surface area contributed by atoms with Crippen LogP contribution in [0.4, 0.5) is 0 Å². The first-order chi connectivity index (χ1) is 13.1. The molecular formula is C18H17BrN4O3S. The summed E-state index contributed by atoms with van der Waals surface area (Å²) in [6.07, 6.45) is 1.63. The number of aromatic amines is 1. The Hall–Kier alpha value is -2.65. The van der Waals surface area contributed by atoms with Crippen LogP contribution in [0.3, 0.4) is 0 Å². The van der Waals surface area contributed by atoms with Crippen molar-refractivity contribution in [1.29, 1.82) is 0 Å². The van der Waals surface area contributed by atoms with E-state index in [1.54, 1.807) is 38.3 Å². The number of hydrogen-bond acceptors (Lipinski definition) is 6. The van der Waals surface area contributed by atoms with Crippen LogP contribution in [-0.2, 0) is 0 Å². The van der Waals surface area contributed by atoms with E-state index in [-0.39, 0.29) is 0 Å². The minimum absolute atomic E-state index is 0.372. The monoisotopic (exact) mass is 448 g/mol. The molecule has 0 spiro atoms. The highest BCUT2D eigenvalue weighted by Gasteiger charge is 2.15. The first-order valence-electron chi connectivity index (χ1n) is 7.86. The molecule has 0 amide bonds. The molecule has 0 saturated heterocycles. The van der Waals surface area contributed by atoms with Gasteiger partial charge in [-0.2, -0.15) is 14.9 Å². The summed E-state index contributed by atoms with van der Waals surface area (Å²) in [7, 11) is 4.68. The van der Waals surface area contributed by atoms with Gasteiger partial charge in [-0.1, -0.05) is 28.1 Å². The van der Waals surface area contributed by atoms with E-state index in [1.165, 1.54) is 0 Å². The molecule has 0 atom stereocenters. The number of ether oxygens (including phenoxy) is 3. The van der Waals surface area contributed by atoms with Gasteiger partial charge in [0.25, 0.3) is 0 Å². The lowest BCUT2D eigenvalue weighted by Crippen LogP contribution is -2.00. The maximum atomic E-state index is 5.48. The molecular weight excluding hydrogens is 432 g/mol. The van der Waals surface area contributed by atoms with Gasteiger partial charge in [-0.15, -0.1) is 0 Å². The fourth-order valence-electron chi connectivity index (χ4n) is 2.56. The lowest BCUT2D eigenvalue weighted by molar-refractivity contribution is 0.324. The minimum atomic E-state index is 0.372. The first kappa shape index (κ1) is 19.1.